The third-order valence-electron chi connectivity index (χ3n) is 3.63. The van der Waals surface area contributed by atoms with Crippen LogP contribution in [0.1, 0.15) is 24.8 Å². The first-order valence-electron chi connectivity index (χ1n) is 7.09. The summed E-state index contributed by atoms with van der Waals surface area (Å²) in [5, 5.41) is 12.8. The number of nitrogens with zero attached hydrogens (tertiary/aromatic N) is 1. The molecule has 1 aromatic carbocycles. The number of benzene rings is 1. The van der Waals surface area contributed by atoms with Crippen LogP contribution in [0.5, 0.6) is 0 Å². The Hall–Kier alpha value is -0.970. The molecule has 1 aliphatic heterocycles. The third-order valence-corrected chi connectivity index (χ3v) is 3.63. The van der Waals surface area contributed by atoms with Gasteiger partial charge in [0.15, 0.2) is 0 Å². The average molecular weight is 266 g/mol. The molecule has 0 saturated carbocycles. The fourth-order valence-electron chi connectivity index (χ4n) is 2.41. The predicted molar refractivity (Wildman–Crippen MR) is 74.4 cm³/mol. The molecule has 2 N–H and O–H groups in total. The highest BCUT2D eigenvalue weighted by Crippen LogP contribution is 2.09. The van der Waals surface area contributed by atoms with Crippen molar-refractivity contribution in [2.45, 2.75) is 31.9 Å². The summed E-state index contributed by atoms with van der Waals surface area (Å²) in [6.07, 6.45) is 2.83. The molecule has 0 atom stereocenters. The number of aliphatic hydroxyl groups excluding tert-OH is 1. The van der Waals surface area contributed by atoms with Crippen LogP contribution in [0.15, 0.2) is 24.3 Å². The van der Waals surface area contributed by atoms with Gasteiger partial charge in [-0.2, -0.15) is 0 Å². The molecule has 0 radical (unpaired) electrons. The van der Waals surface area contributed by atoms with E-state index < -0.39 is 0 Å². The first kappa shape index (κ1) is 14.4. The molecule has 2 rings (SSSR count). The van der Waals surface area contributed by atoms with Crippen molar-refractivity contribution < 1.29 is 9.50 Å². The molecule has 0 aromatic heterocycles. The maximum Gasteiger partial charge on any atom is 0.123 e. The number of nitrogens with one attached hydrogen (secondary N) is 1. The summed E-state index contributed by atoms with van der Waals surface area (Å²) in [5.74, 6) is -0.184. The highest BCUT2D eigenvalue weighted by molar-refractivity contribution is 5.15. The van der Waals surface area contributed by atoms with Crippen LogP contribution in [0, 0.1) is 5.82 Å². The van der Waals surface area contributed by atoms with E-state index in [-0.39, 0.29) is 11.9 Å². The topological polar surface area (TPSA) is 35.5 Å². The lowest BCUT2D eigenvalue weighted by molar-refractivity contribution is 0.0821. The van der Waals surface area contributed by atoms with E-state index in [4.69, 9.17) is 0 Å². The first-order valence-corrected chi connectivity index (χ1v) is 7.09. The quantitative estimate of drug-likeness (QED) is 0.770. The zero-order valence-electron chi connectivity index (χ0n) is 11.3. The molecule has 0 aliphatic carbocycles. The summed E-state index contributed by atoms with van der Waals surface area (Å²) < 4.78 is 12.7. The summed E-state index contributed by atoms with van der Waals surface area (Å²) in [5.41, 5.74) is 1.11. The highest BCUT2D eigenvalue weighted by atomic mass is 19.1. The molecule has 1 aliphatic rings. The van der Waals surface area contributed by atoms with Crippen LogP contribution in [-0.2, 0) is 6.54 Å². The van der Waals surface area contributed by atoms with E-state index >= 15 is 0 Å². The van der Waals surface area contributed by atoms with Gasteiger partial charge in [0.25, 0.3) is 0 Å². The zero-order valence-corrected chi connectivity index (χ0v) is 11.3. The van der Waals surface area contributed by atoms with Gasteiger partial charge in [0.2, 0.25) is 0 Å². The van der Waals surface area contributed by atoms with E-state index in [1.54, 1.807) is 0 Å². The third kappa shape index (κ3) is 5.27. The molecule has 0 bridgehead atoms. The fourth-order valence-corrected chi connectivity index (χ4v) is 2.41. The zero-order chi connectivity index (χ0) is 13.5. The lowest BCUT2D eigenvalue weighted by Gasteiger charge is -2.29. The molecule has 106 valence electrons. The molecule has 0 unspecified atom stereocenters. The molecule has 1 fully saturated rings. The van der Waals surface area contributed by atoms with E-state index in [9.17, 15) is 9.50 Å². The second-order valence-corrected chi connectivity index (χ2v) is 5.23. The van der Waals surface area contributed by atoms with Crippen LogP contribution in [0.4, 0.5) is 4.39 Å². The van der Waals surface area contributed by atoms with Crippen LogP contribution in [-0.4, -0.2) is 42.3 Å². The molecule has 1 heterocycles. The van der Waals surface area contributed by atoms with Crippen molar-refractivity contribution in [3.05, 3.63) is 35.6 Å². The maximum absolute atomic E-state index is 12.7. The Bertz CT molecular complexity index is 361. The van der Waals surface area contributed by atoms with Gasteiger partial charge in [-0.15, -0.1) is 0 Å². The number of halogens is 1. The van der Waals surface area contributed by atoms with E-state index in [0.29, 0.717) is 0 Å². The molecular formula is C15H23FN2O. The van der Waals surface area contributed by atoms with Gasteiger partial charge < -0.3 is 15.3 Å². The van der Waals surface area contributed by atoms with Gasteiger partial charge in [0.05, 0.1) is 6.10 Å². The van der Waals surface area contributed by atoms with Crippen LogP contribution >= 0.6 is 0 Å². The largest absolute Gasteiger partial charge is 0.393 e. The second-order valence-electron chi connectivity index (χ2n) is 5.23. The number of hydrogen-bond acceptors (Lipinski definition) is 3. The van der Waals surface area contributed by atoms with Gasteiger partial charge in [-0.05, 0) is 50.0 Å². The fraction of sp³-hybridized carbons (Fsp3) is 0.600. The summed E-state index contributed by atoms with van der Waals surface area (Å²) in [4.78, 5) is 2.41. The Morgan fingerprint density at radius 3 is 2.58 bits per heavy atom. The minimum atomic E-state index is -0.184. The van der Waals surface area contributed by atoms with Crippen LogP contribution in [0.25, 0.3) is 0 Å². The molecule has 4 heteroatoms. The Kier molecular flexibility index (Phi) is 5.76. The Morgan fingerprint density at radius 2 is 1.89 bits per heavy atom. The minimum Gasteiger partial charge on any atom is -0.393 e. The minimum absolute atomic E-state index is 0.0900. The average Bonchev–Trinajstić information content (AvgIpc) is 2.43. The van der Waals surface area contributed by atoms with E-state index in [0.717, 1.165) is 57.5 Å². The van der Waals surface area contributed by atoms with Crippen molar-refractivity contribution in [2.24, 2.45) is 0 Å². The van der Waals surface area contributed by atoms with Crippen LogP contribution in [0.3, 0.4) is 0 Å². The summed E-state index contributed by atoms with van der Waals surface area (Å²) in [6, 6.07) is 6.62. The molecule has 1 aromatic rings. The number of piperidine rings is 1. The SMILES string of the molecule is OC1CCN(CCCNCc2ccc(F)cc2)CC1. The van der Waals surface area contributed by atoms with E-state index in [1.807, 2.05) is 12.1 Å². The number of likely N-dealkylation sites (tertiary alicyclic amines) is 1. The van der Waals surface area contributed by atoms with Gasteiger partial charge in [-0.3, -0.25) is 0 Å². The molecular weight excluding hydrogens is 243 g/mol. The van der Waals surface area contributed by atoms with Crippen molar-refractivity contribution in [1.29, 1.82) is 0 Å². The molecule has 0 spiro atoms. The van der Waals surface area contributed by atoms with Gasteiger partial charge in [0.1, 0.15) is 5.82 Å². The van der Waals surface area contributed by atoms with E-state index in [1.165, 1.54) is 12.1 Å². The number of rotatable bonds is 6. The van der Waals surface area contributed by atoms with Crippen molar-refractivity contribution in [1.82, 2.24) is 10.2 Å². The number of aliphatic hydroxyl groups is 1. The summed E-state index contributed by atoms with van der Waals surface area (Å²) in [7, 11) is 0. The van der Waals surface area contributed by atoms with Gasteiger partial charge in [-0.25, -0.2) is 4.39 Å². The summed E-state index contributed by atoms with van der Waals surface area (Å²) in [6.45, 7) is 4.87. The van der Waals surface area contributed by atoms with Gasteiger partial charge >= 0.3 is 0 Å². The number of hydrogen-bond donors (Lipinski definition) is 2. The Morgan fingerprint density at radius 1 is 1.21 bits per heavy atom. The molecule has 0 amide bonds. The van der Waals surface area contributed by atoms with Crippen LogP contribution in [0.2, 0.25) is 0 Å². The smallest absolute Gasteiger partial charge is 0.123 e. The van der Waals surface area contributed by atoms with Gasteiger partial charge in [-0.1, -0.05) is 12.1 Å². The normalized spacial score (nSPS) is 17.8. The van der Waals surface area contributed by atoms with Crippen molar-refractivity contribution in [3.63, 3.8) is 0 Å². The Labute approximate surface area is 114 Å². The Balaban J connectivity index is 1.53. The lowest BCUT2D eigenvalue weighted by Crippen LogP contribution is -2.37. The van der Waals surface area contributed by atoms with Gasteiger partial charge in [0, 0.05) is 19.6 Å². The monoisotopic (exact) mass is 266 g/mol. The lowest BCUT2D eigenvalue weighted by atomic mass is 10.1. The standard InChI is InChI=1S/C15H23FN2O/c16-14-4-2-13(3-5-14)12-17-8-1-9-18-10-6-15(19)7-11-18/h2-5,15,17,19H,1,6-12H2. The van der Waals surface area contributed by atoms with E-state index in [2.05, 4.69) is 10.2 Å². The van der Waals surface area contributed by atoms with Crippen LogP contribution < -0.4 is 5.32 Å². The molecule has 3 nitrogen and oxygen atoms in total. The second kappa shape index (κ2) is 7.58. The maximum atomic E-state index is 12.7. The molecule has 19 heavy (non-hydrogen) atoms. The summed E-state index contributed by atoms with van der Waals surface area (Å²) >= 11 is 0. The van der Waals surface area contributed by atoms with Crippen molar-refractivity contribution >= 4 is 0 Å². The van der Waals surface area contributed by atoms with Crippen molar-refractivity contribution in [3.8, 4) is 0 Å². The first-order chi connectivity index (χ1) is 9.24. The highest BCUT2D eigenvalue weighted by Gasteiger charge is 2.15. The predicted octanol–water partition coefficient (Wildman–Crippen LogP) is 1.76. The van der Waals surface area contributed by atoms with Crippen molar-refractivity contribution in [2.75, 3.05) is 26.2 Å². The molecule has 1 saturated heterocycles.